The normalized spacial score (nSPS) is 13.2. The average Bonchev–Trinajstić information content (AvgIpc) is 2.05. The van der Waals surface area contributed by atoms with Crippen LogP contribution in [-0.2, 0) is 4.74 Å². The van der Waals surface area contributed by atoms with E-state index in [-0.39, 0.29) is 6.04 Å². The maximum absolute atomic E-state index is 5.77. The van der Waals surface area contributed by atoms with Gasteiger partial charge in [0.2, 0.25) is 0 Å². The largest absolute Gasteiger partial charge is 0.380 e. The number of hydrogen-bond acceptors (Lipinski definition) is 2. The number of hydrogen-bond donors (Lipinski definition) is 1. The zero-order valence-corrected chi connectivity index (χ0v) is 8.51. The minimum Gasteiger partial charge on any atom is -0.380 e. The lowest BCUT2D eigenvalue weighted by atomic mass is 10.2. The molecule has 0 bridgehead atoms. The quantitative estimate of drug-likeness (QED) is 0.572. The van der Waals surface area contributed by atoms with E-state index in [1.54, 1.807) is 0 Å². The lowest BCUT2D eigenvalue weighted by Gasteiger charge is -2.10. The van der Waals surface area contributed by atoms with Gasteiger partial charge in [0.15, 0.2) is 0 Å². The van der Waals surface area contributed by atoms with Crippen molar-refractivity contribution in [1.82, 2.24) is 0 Å². The first-order valence-electron chi connectivity index (χ1n) is 5.14. The fourth-order valence-corrected chi connectivity index (χ4v) is 1.14. The summed E-state index contributed by atoms with van der Waals surface area (Å²) < 4.78 is 5.43. The number of ether oxygens (including phenoxy) is 1. The summed E-state index contributed by atoms with van der Waals surface area (Å²) >= 11 is 0. The first kappa shape index (κ1) is 11.9. The third-order valence-corrected chi connectivity index (χ3v) is 1.88. The second-order valence-electron chi connectivity index (χ2n) is 3.33. The predicted octanol–water partition coefficient (Wildman–Crippen LogP) is 2.32. The van der Waals surface area contributed by atoms with Gasteiger partial charge in [-0.25, -0.2) is 0 Å². The van der Waals surface area contributed by atoms with E-state index in [1.165, 1.54) is 19.3 Å². The van der Waals surface area contributed by atoms with Gasteiger partial charge in [-0.1, -0.05) is 33.1 Å². The fourth-order valence-electron chi connectivity index (χ4n) is 1.14. The van der Waals surface area contributed by atoms with Crippen molar-refractivity contribution in [3.05, 3.63) is 0 Å². The molecule has 12 heavy (non-hydrogen) atoms. The van der Waals surface area contributed by atoms with Crippen molar-refractivity contribution in [1.29, 1.82) is 0 Å². The smallest absolute Gasteiger partial charge is 0.0617 e. The summed E-state index contributed by atoms with van der Waals surface area (Å²) in [4.78, 5) is 0. The molecule has 0 aromatic carbocycles. The van der Waals surface area contributed by atoms with Crippen molar-refractivity contribution in [2.45, 2.75) is 52.0 Å². The molecule has 0 aliphatic carbocycles. The van der Waals surface area contributed by atoms with E-state index in [0.29, 0.717) is 0 Å². The van der Waals surface area contributed by atoms with E-state index in [4.69, 9.17) is 10.5 Å². The van der Waals surface area contributed by atoms with Gasteiger partial charge in [0.05, 0.1) is 6.61 Å². The summed E-state index contributed by atoms with van der Waals surface area (Å²) in [6, 6.07) is 0.247. The van der Waals surface area contributed by atoms with Crippen LogP contribution in [0.5, 0.6) is 0 Å². The lowest BCUT2D eigenvalue weighted by molar-refractivity contribution is 0.115. The second-order valence-corrected chi connectivity index (χ2v) is 3.33. The average molecular weight is 173 g/mol. The molecule has 0 aliphatic rings. The highest BCUT2D eigenvalue weighted by Gasteiger charge is 1.99. The van der Waals surface area contributed by atoms with Crippen LogP contribution in [0.1, 0.15) is 46.0 Å². The molecule has 0 amide bonds. The first-order chi connectivity index (χ1) is 5.81. The molecular formula is C10H23NO. The summed E-state index contributed by atoms with van der Waals surface area (Å²) in [7, 11) is 0. The van der Waals surface area contributed by atoms with Crippen molar-refractivity contribution < 1.29 is 4.74 Å². The Morgan fingerprint density at radius 2 is 1.92 bits per heavy atom. The molecule has 2 heteroatoms. The van der Waals surface area contributed by atoms with Crippen molar-refractivity contribution in [3.63, 3.8) is 0 Å². The highest BCUT2D eigenvalue weighted by molar-refractivity contribution is 4.57. The maximum Gasteiger partial charge on any atom is 0.0617 e. The van der Waals surface area contributed by atoms with Crippen LogP contribution >= 0.6 is 0 Å². The van der Waals surface area contributed by atoms with Crippen LogP contribution in [0.15, 0.2) is 0 Å². The van der Waals surface area contributed by atoms with Crippen molar-refractivity contribution in [2.24, 2.45) is 5.73 Å². The number of unbranched alkanes of at least 4 members (excludes halogenated alkanes) is 2. The van der Waals surface area contributed by atoms with Crippen LogP contribution in [0.4, 0.5) is 0 Å². The zero-order chi connectivity index (χ0) is 9.23. The van der Waals surface area contributed by atoms with E-state index in [1.807, 2.05) is 0 Å². The summed E-state index contributed by atoms with van der Waals surface area (Å²) in [5.74, 6) is 0. The third-order valence-electron chi connectivity index (χ3n) is 1.88. The molecule has 0 aromatic rings. The molecule has 0 fully saturated rings. The van der Waals surface area contributed by atoms with Crippen LogP contribution in [0.2, 0.25) is 0 Å². The van der Waals surface area contributed by atoms with Crippen LogP contribution in [0, 0.1) is 0 Å². The summed E-state index contributed by atoms with van der Waals surface area (Å²) in [5.41, 5.74) is 5.77. The first-order valence-corrected chi connectivity index (χ1v) is 5.14. The minimum atomic E-state index is 0.247. The topological polar surface area (TPSA) is 35.2 Å². The number of nitrogens with two attached hydrogens (primary N) is 1. The van der Waals surface area contributed by atoms with E-state index in [9.17, 15) is 0 Å². The van der Waals surface area contributed by atoms with Crippen molar-refractivity contribution in [2.75, 3.05) is 13.2 Å². The van der Waals surface area contributed by atoms with Crippen LogP contribution in [0.3, 0.4) is 0 Å². The fraction of sp³-hybridized carbons (Fsp3) is 1.00. The zero-order valence-electron chi connectivity index (χ0n) is 8.51. The molecule has 2 N–H and O–H groups in total. The summed E-state index contributed by atoms with van der Waals surface area (Å²) in [5, 5.41) is 0. The van der Waals surface area contributed by atoms with E-state index >= 15 is 0 Å². The maximum atomic E-state index is 5.77. The van der Waals surface area contributed by atoms with Crippen molar-refractivity contribution in [3.8, 4) is 0 Å². The lowest BCUT2D eigenvalue weighted by Crippen LogP contribution is -2.25. The van der Waals surface area contributed by atoms with Crippen molar-refractivity contribution >= 4 is 0 Å². The van der Waals surface area contributed by atoms with Gasteiger partial charge in [0.25, 0.3) is 0 Å². The Hall–Kier alpha value is -0.0800. The van der Waals surface area contributed by atoms with Gasteiger partial charge < -0.3 is 10.5 Å². The molecule has 0 aromatic heterocycles. The molecule has 0 saturated heterocycles. The number of rotatable bonds is 8. The van der Waals surface area contributed by atoms with Gasteiger partial charge >= 0.3 is 0 Å². The van der Waals surface area contributed by atoms with Gasteiger partial charge in [0, 0.05) is 12.6 Å². The van der Waals surface area contributed by atoms with Gasteiger partial charge in [-0.05, 0) is 12.8 Å². The molecule has 0 spiro atoms. The Labute approximate surface area is 76.5 Å². The molecule has 0 rings (SSSR count). The van der Waals surface area contributed by atoms with Gasteiger partial charge in [-0.2, -0.15) is 0 Å². The highest BCUT2D eigenvalue weighted by atomic mass is 16.5. The molecule has 1 unspecified atom stereocenters. The molecular weight excluding hydrogens is 150 g/mol. The summed E-state index contributed by atoms with van der Waals surface area (Å²) in [6.45, 7) is 5.96. The molecule has 0 saturated carbocycles. The minimum absolute atomic E-state index is 0.247. The third kappa shape index (κ3) is 8.02. The van der Waals surface area contributed by atoms with Gasteiger partial charge in [-0.15, -0.1) is 0 Å². The summed E-state index contributed by atoms with van der Waals surface area (Å²) in [6.07, 6.45) is 5.93. The van der Waals surface area contributed by atoms with E-state index < -0.39 is 0 Å². The molecule has 0 aliphatic heterocycles. The van der Waals surface area contributed by atoms with Gasteiger partial charge in [-0.3, -0.25) is 0 Å². The highest BCUT2D eigenvalue weighted by Crippen LogP contribution is 1.97. The molecule has 0 heterocycles. The standard InChI is InChI=1S/C10H23NO/c1-3-5-6-8-12-9-10(11)7-4-2/h10H,3-9,11H2,1-2H3. The van der Waals surface area contributed by atoms with E-state index in [0.717, 1.165) is 26.1 Å². The Morgan fingerprint density at radius 3 is 2.50 bits per heavy atom. The molecule has 1 atom stereocenters. The van der Waals surface area contributed by atoms with Gasteiger partial charge in [0.1, 0.15) is 0 Å². The molecule has 74 valence electrons. The van der Waals surface area contributed by atoms with Crippen LogP contribution in [0.25, 0.3) is 0 Å². The Bertz CT molecular complexity index is 85.9. The Balaban J connectivity index is 2.97. The molecule has 0 radical (unpaired) electrons. The molecule has 2 nitrogen and oxygen atoms in total. The Morgan fingerprint density at radius 1 is 1.17 bits per heavy atom. The second kappa shape index (κ2) is 9.01. The SMILES string of the molecule is CCCCCOCC(N)CCC. The Kier molecular flexibility index (Phi) is 8.95. The van der Waals surface area contributed by atoms with Crippen LogP contribution in [-0.4, -0.2) is 19.3 Å². The predicted molar refractivity (Wildman–Crippen MR) is 53.2 cm³/mol. The van der Waals surface area contributed by atoms with E-state index in [2.05, 4.69) is 13.8 Å². The van der Waals surface area contributed by atoms with Crippen LogP contribution < -0.4 is 5.73 Å². The monoisotopic (exact) mass is 173 g/mol.